The highest BCUT2D eigenvalue weighted by Crippen LogP contribution is 2.40. The second-order valence-electron chi connectivity index (χ2n) is 8.39. The van der Waals surface area contributed by atoms with Crippen molar-refractivity contribution in [3.63, 3.8) is 0 Å². The van der Waals surface area contributed by atoms with Crippen molar-refractivity contribution in [1.29, 1.82) is 0 Å². The van der Waals surface area contributed by atoms with Crippen LogP contribution in [0.25, 0.3) is 0 Å². The molecule has 3 aromatic rings. The number of aromatic nitrogens is 2. The molecule has 0 spiro atoms. The summed E-state index contributed by atoms with van der Waals surface area (Å²) in [5, 5.41) is 7.01. The zero-order chi connectivity index (χ0) is 24.7. The molecule has 2 aliphatic heterocycles. The number of hydrogen-bond acceptors (Lipinski definition) is 9. The highest BCUT2D eigenvalue weighted by Gasteiger charge is 2.47. The Morgan fingerprint density at radius 1 is 1.06 bits per heavy atom. The molecule has 0 radical (unpaired) electrons. The molecule has 35 heavy (non-hydrogen) atoms. The van der Waals surface area contributed by atoms with Crippen LogP contribution in [0.15, 0.2) is 48.7 Å². The number of nitrogens with two attached hydrogens (primary N) is 2. The van der Waals surface area contributed by atoms with Gasteiger partial charge in [-0.15, -0.1) is 0 Å². The molecule has 0 unspecified atom stereocenters. The third-order valence-electron chi connectivity index (χ3n) is 6.18. The minimum atomic E-state index is -1.78. The highest BCUT2D eigenvalue weighted by molar-refractivity contribution is 6.40. The first-order valence-corrected chi connectivity index (χ1v) is 11.8. The Hall–Kier alpha value is -3.15. The third-order valence-corrected chi connectivity index (χ3v) is 6.79. The molecule has 1 saturated heterocycles. The number of carbonyl (C=O) groups excluding carboxylic acids is 1. The van der Waals surface area contributed by atoms with Gasteiger partial charge in [0.15, 0.2) is 5.82 Å². The largest absolute Gasteiger partial charge is 0.369 e. The summed E-state index contributed by atoms with van der Waals surface area (Å²) < 4.78 is 0. The molecule has 1 amide bonds. The van der Waals surface area contributed by atoms with E-state index >= 15 is 0 Å². The van der Waals surface area contributed by atoms with Crippen molar-refractivity contribution in [3.8, 4) is 0 Å². The fraction of sp³-hybridized carbons (Fsp3) is 0.261. The van der Waals surface area contributed by atoms with Crippen molar-refractivity contribution in [2.75, 3.05) is 53.2 Å². The number of hydrogen-bond donors (Lipinski definition) is 4. The number of rotatable bonds is 4. The molecule has 182 valence electrons. The molecule has 1 fully saturated rings. The van der Waals surface area contributed by atoms with Crippen molar-refractivity contribution in [3.05, 3.63) is 64.3 Å². The Morgan fingerprint density at radius 3 is 2.37 bits per heavy atom. The quantitative estimate of drug-likeness (QED) is 0.389. The van der Waals surface area contributed by atoms with Crippen molar-refractivity contribution in [1.82, 2.24) is 15.3 Å². The van der Waals surface area contributed by atoms with Gasteiger partial charge in [0.1, 0.15) is 5.56 Å². The van der Waals surface area contributed by atoms with Crippen molar-refractivity contribution in [2.24, 2.45) is 11.5 Å². The van der Waals surface area contributed by atoms with Crippen LogP contribution in [-0.2, 0) is 0 Å². The van der Waals surface area contributed by atoms with Crippen LogP contribution >= 0.6 is 23.2 Å². The average molecular weight is 514 g/mol. The summed E-state index contributed by atoms with van der Waals surface area (Å²) in [6, 6.07) is 12.9. The number of nitrogens with zero attached hydrogens (tertiary/aromatic N) is 5. The number of halogens is 2. The summed E-state index contributed by atoms with van der Waals surface area (Å²) in [5.41, 5.74) is 15.3. The van der Waals surface area contributed by atoms with E-state index in [1.165, 1.54) is 11.1 Å². The number of benzene rings is 2. The SMILES string of the molecule is CN1c2nc(Nc3ccc(N4CCNCC4)cc3)ncc2C(=O)N(c2c(Cl)cccc2Cl)C1(N)N. The van der Waals surface area contributed by atoms with E-state index in [1.54, 1.807) is 25.2 Å². The number of carbonyl (C=O) groups is 1. The molecule has 12 heteroatoms. The van der Waals surface area contributed by atoms with Crippen LogP contribution in [0.5, 0.6) is 0 Å². The van der Waals surface area contributed by atoms with Crippen LogP contribution in [0, 0.1) is 0 Å². The van der Waals surface area contributed by atoms with Crippen LogP contribution in [0.4, 0.5) is 28.8 Å². The first kappa shape index (κ1) is 23.6. The molecule has 6 N–H and O–H groups in total. The Morgan fingerprint density at radius 2 is 1.71 bits per heavy atom. The van der Waals surface area contributed by atoms with E-state index in [0.29, 0.717) is 5.95 Å². The van der Waals surface area contributed by atoms with Gasteiger partial charge in [-0.2, -0.15) is 4.98 Å². The number of piperazine rings is 1. The van der Waals surface area contributed by atoms with Crippen LogP contribution < -0.4 is 36.8 Å². The molecule has 0 aliphatic carbocycles. The number of amides is 1. The Labute approximate surface area is 212 Å². The number of fused-ring (bicyclic) bond motifs is 1. The van der Waals surface area contributed by atoms with Gasteiger partial charge in [0.25, 0.3) is 5.91 Å². The van der Waals surface area contributed by atoms with Crippen LogP contribution in [0.3, 0.4) is 0 Å². The predicted octanol–water partition coefficient (Wildman–Crippen LogP) is 2.56. The van der Waals surface area contributed by atoms with Gasteiger partial charge in [0.2, 0.25) is 11.9 Å². The summed E-state index contributed by atoms with van der Waals surface area (Å²) in [7, 11) is 1.64. The molecule has 0 saturated carbocycles. The summed E-state index contributed by atoms with van der Waals surface area (Å²) in [4.78, 5) is 27.3. The zero-order valence-electron chi connectivity index (χ0n) is 19.0. The first-order valence-electron chi connectivity index (χ1n) is 11.1. The van der Waals surface area contributed by atoms with Gasteiger partial charge in [-0.3, -0.25) is 21.2 Å². The number of anilines is 5. The van der Waals surface area contributed by atoms with E-state index in [0.717, 1.165) is 42.5 Å². The summed E-state index contributed by atoms with van der Waals surface area (Å²) in [6.07, 6.45) is 1.44. The summed E-state index contributed by atoms with van der Waals surface area (Å²) >= 11 is 12.7. The molecule has 2 aromatic carbocycles. The topological polar surface area (TPSA) is 129 Å². The molecule has 2 aliphatic rings. The summed E-state index contributed by atoms with van der Waals surface area (Å²) in [5.74, 6) is -1.70. The Kier molecular flexibility index (Phi) is 6.16. The Balaban J connectivity index is 1.43. The fourth-order valence-electron chi connectivity index (χ4n) is 4.23. The second-order valence-corrected chi connectivity index (χ2v) is 9.21. The monoisotopic (exact) mass is 513 g/mol. The minimum absolute atomic E-state index is 0.217. The standard InChI is InChI=1S/C23H25Cl2N9O/c1-32-20-16(21(35)34(23(32,26)27)19-17(24)3-2-4-18(19)25)13-29-22(31-20)30-14-5-7-15(8-6-14)33-11-9-28-10-12-33/h2-8,13,28H,9-12,26-27H2,1H3,(H,29,30,31). The minimum Gasteiger partial charge on any atom is -0.369 e. The molecule has 3 heterocycles. The fourth-order valence-corrected chi connectivity index (χ4v) is 4.80. The van der Waals surface area contributed by atoms with Gasteiger partial charge in [-0.05, 0) is 36.4 Å². The lowest BCUT2D eigenvalue weighted by Gasteiger charge is -2.48. The average Bonchev–Trinajstić information content (AvgIpc) is 2.85. The molecular weight excluding hydrogens is 489 g/mol. The van der Waals surface area contributed by atoms with Gasteiger partial charge in [-0.1, -0.05) is 29.3 Å². The van der Waals surface area contributed by atoms with Crippen LogP contribution in [-0.4, -0.2) is 55.0 Å². The first-order chi connectivity index (χ1) is 16.8. The lowest BCUT2D eigenvalue weighted by Crippen LogP contribution is -2.76. The van der Waals surface area contributed by atoms with E-state index in [2.05, 4.69) is 37.6 Å². The molecule has 10 nitrogen and oxygen atoms in total. The van der Waals surface area contributed by atoms with Gasteiger partial charge >= 0.3 is 0 Å². The number of nitrogens with one attached hydrogen (secondary N) is 2. The van der Waals surface area contributed by atoms with Gasteiger partial charge in [0, 0.05) is 50.8 Å². The maximum absolute atomic E-state index is 13.5. The normalized spacial score (nSPS) is 17.4. The lowest BCUT2D eigenvalue weighted by molar-refractivity contribution is 0.0944. The number of para-hydroxylation sites is 1. The maximum Gasteiger partial charge on any atom is 0.267 e. The molecule has 5 rings (SSSR count). The van der Waals surface area contributed by atoms with Crippen molar-refractivity contribution in [2.45, 2.75) is 5.91 Å². The maximum atomic E-state index is 13.5. The van der Waals surface area contributed by atoms with Gasteiger partial charge < -0.3 is 20.4 Å². The van der Waals surface area contributed by atoms with E-state index < -0.39 is 11.8 Å². The van der Waals surface area contributed by atoms with Crippen LogP contribution in [0.1, 0.15) is 10.4 Å². The van der Waals surface area contributed by atoms with Gasteiger partial charge in [-0.25, -0.2) is 4.98 Å². The van der Waals surface area contributed by atoms with Crippen LogP contribution in [0.2, 0.25) is 10.0 Å². The van der Waals surface area contributed by atoms with E-state index in [1.807, 2.05) is 12.1 Å². The predicted molar refractivity (Wildman–Crippen MR) is 140 cm³/mol. The van der Waals surface area contributed by atoms with E-state index in [4.69, 9.17) is 34.7 Å². The third kappa shape index (κ3) is 4.24. The van der Waals surface area contributed by atoms with Gasteiger partial charge in [0.05, 0.1) is 15.7 Å². The molecule has 0 bridgehead atoms. The highest BCUT2D eigenvalue weighted by atomic mass is 35.5. The molecule has 1 aromatic heterocycles. The van der Waals surface area contributed by atoms with Crippen molar-refractivity contribution < 1.29 is 4.79 Å². The molecular formula is C23H25Cl2N9O. The zero-order valence-corrected chi connectivity index (χ0v) is 20.5. The van der Waals surface area contributed by atoms with Crippen molar-refractivity contribution >= 4 is 57.9 Å². The van der Waals surface area contributed by atoms with E-state index in [-0.39, 0.29) is 27.1 Å². The Bertz CT molecular complexity index is 1240. The summed E-state index contributed by atoms with van der Waals surface area (Å²) in [6.45, 7) is 3.88. The second kappa shape index (κ2) is 9.14. The lowest BCUT2D eigenvalue weighted by atomic mass is 10.1. The van der Waals surface area contributed by atoms with E-state index in [9.17, 15) is 4.79 Å². The smallest absolute Gasteiger partial charge is 0.267 e. The molecule has 0 atom stereocenters.